The minimum absolute atomic E-state index is 0. The fourth-order valence-corrected chi connectivity index (χ4v) is 3.78. The van der Waals surface area contributed by atoms with Gasteiger partial charge in [-0.15, -0.1) is 36.8 Å². The predicted molar refractivity (Wildman–Crippen MR) is 144 cm³/mol. The molecule has 0 radical (unpaired) electrons. The Bertz CT molecular complexity index is 702. The van der Waals surface area contributed by atoms with Crippen LogP contribution in [0.25, 0.3) is 11.1 Å². The number of allylic oxidation sites excluding steroid dienone is 4. The van der Waals surface area contributed by atoms with E-state index in [1.165, 1.54) is 73.6 Å². The van der Waals surface area contributed by atoms with Gasteiger partial charge in [-0.25, -0.2) is 12.2 Å². The molecule has 0 amide bonds. The van der Waals surface area contributed by atoms with Crippen molar-refractivity contribution in [2.75, 3.05) is 0 Å². The van der Waals surface area contributed by atoms with Crippen LogP contribution < -0.4 is 0 Å². The van der Waals surface area contributed by atoms with Crippen LogP contribution in [0.5, 0.6) is 0 Å². The van der Waals surface area contributed by atoms with Gasteiger partial charge in [-0.1, -0.05) is 61.1 Å². The van der Waals surface area contributed by atoms with E-state index in [4.69, 9.17) is 0 Å². The molecule has 0 aliphatic heterocycles. The summed E-state index contributed by atoms with van der Waals surface area (Å²) in [5.41, 5.74) is 5.51. The first kappa shape index (κ1) is 31.6. The summed E-state index contributed by atoms with van der Waals surface area (Å²) >= 11 is 1.58. The molecule has 174 valence electrons. The van der Waals surface area contributed by atoms with Gasteiger partial charge in [0.2, 0.25) is 0 Å². The van der Waals surface area contributed by atoms with Gasteiger partial charge < -0.3 is 12.8 Å². The molecule has 2 aromatic carbocycles. The van der Waals surface area contributed by atoms with Crippen molar-refractivity contribution in [1.29, 1.82) is 0 Å². The van der Waals surface area contributed by atoms with Gasteiger partial charge in [-0.3, -0.25) is 6.08 Å². The molecule has 0 aromatic heterocycles. The van der Waals surface area contributed by atoms with Crippen molar-refractivity contribution < 1.29 is 23.3 Å². The van der Waals surface area contributed by atoms with E-state index in [1.54, 1.807) is 23.3 Å². The molecule has 0 atom stereocenters. The van der Waals surface area contributed by atoms with Crippen LogP contribution in [0.3, 0.4) is 0 Å². The van der Waals surface area contributed by atoms with Gasteiger partial charge in [-0.05, 0) is 6.42 Å². The van der Waals surface area contributed by atoms with E-state index in [0.29, 0.717) is 0 Å². The minimum atomic E-state index is 0. The van der Waals surface area contributed by atoms with E-state index in [0.717, 1.165) is 12.8 Å². The van der Waals surface area contributed by atoms with Crippen LogP contribution in [0.1, 0.15) is 68.9 Å². The Morgan fingerprint density at radius 1 is 0.781 bits per heavy atom. The third-order valence-corrected chi connectivity index (χ3v) is 5.34. The molecular weight excluding hydrogens is 527 g/mol. The molecule has 0 saturated heterocycles. The summed E-state index contributed by atoms with van der Waals surface area (Å²) in [6.45, 7) is 1.95. The summed E-state index contributed by atoms with van der Waals surface area (Å²) in [5, 5.41) is 0. The van der Waals surface area contributed by atoms with Gasteiger partial charge in [0.25, 0.3) is 0 Å². The van der Waals surface area contributed by atoms with Crippen LogP contribution in [-0.4, -0.2) is 6.88 Å². The third kappa shape index (κ3) is 12.2. The van der Waals surface area contributed by atoms with Crippen molar-refractivity contribution in [2.45, 2.75) is 64.2 Å². The fraction of sp³-hybridized carbons (Fsp3) is 0.357. The Balaban J connectivity index is 0.000000427. The molecule has 2 fully saturated rings. The average molecular weight is 563 g/mol. The van der Waals surface area contributed by atoms with Gasteiger partial charge in [0.1, 0.15) is 0 Å². The average Bonchev–Trinajstić information content (AvgIpc) is 3.66. The molecule has 4 aliphatic rings. The first-order chi connectivity index (χ1) is 14.9. The molecule has 0 bridgehead atoms. The molecular formula is C28H36Cl2SiZr-4. The first-order valence-corrected chi connectivity index (χ1v) is 17.2. The fourth-order valence-electron chi connectivity index (χ4n) is 3.78. The normalized spacial score (nSPS) is 15.3. The summed E-state index contributed by atoms with van der Waals surface area (Å²) in [5.74, 6) is 0. The maximum Gasteiger partial charge on any atom is -0.0253 e. The van der Waals surface area contributed by atoms with Gasteiger partial charge in [-0.2, -0.15) is 61.6 Å². The molecule has 0 N–H and O–H groups in total. The van der Waals surface area contributed by atoms with Crippen LogP contribution in [0.2, 0.25) is 0 Å². The molecule has 0 unspecified atom stereocenters. The van der Waals surface area contributed by atoms with E-state index in [1.807, 2.05) is 25.1 Å². The molecule has 0 heterocycles. The van der Waals surface area contributed by atoms with E-state index in [-0.39, 0.29) is 24.8 Å². The zero-order valence-corrected chi connectivity index (χ0v) is 24.5. The zero-order valence-electron chi connectivity index (χ0n) is 19.0. The van der Waals surface area contributed by atoms with Crippen molar-refractivity contribution in [3.05, 3.63) is 96.8 Å². The number of rotatable bonds is 0. The molecule has 2 saturated carbocycles. The molecule has 6 rings (SSSR count). The molecule has 2 aromatic rings. The Hall–Kier alpha value is -0.400. The van der Waals surface area contributed by atoms with Crippen LogP contribution in [0.4, 0.5) is 0 Å². The van der Waals surface area contributed by atoms with E-state index < -0.39 is 0 Å². The maximum absolute atomic E-state index is 3.30. The van der Waals surface area contributed by atoms with Crippen molar-refractivity contribution in [2.24, 2.45) is 0 Å². The number of benzene rings is 2. The monoisotopic (exact) mass is 560 g/mol. The van der Waals surface area contributed by atoms with Gasteiger partial charge >= 0.3 is 30.2 Å². The topological polar surface area (TPSA) is 0 Å². The summed E-state index contributed by atoms with van der Waals surface area (Å²) < 4.78 is 0. The molecule has 32 heavy (non-hydrogen) atoms. The number of hydrogen-bond donors (Lipinski definition) is 0. The first-order valence-electron chi connectivity index (χ1n) is 11.2. The second kappa shape index (κ2) is 21.2. The van der Waals surface area contributed by atoms with E-state index >= 15 is 0 Å². The van der Waals surface area contributed by atoms with Crippen LogP contribution in [0.15, 0.2) is 60.7 Å². The van der Waals surface area contributed by atoms with E-state index in [2.05, 4.69) is 67.5 Å². The van der Waals surface area contributed by atoms with Crippen molar-refractivity contribution >= 4 is 31.7 Å². The molecule has 4 aliphatic carbocycles. The summed E-state index contributed by atoms with van der Waals surface area (Å²) in [7, 11) is 0. The van der Waals surface area contributed by atoms with Gasteiger partial charge in [0, 0.05) is 0 Å². The predicted octanol–water partition coefficient (Wildman–Crippen LogP) is 7.82. The smallest absolute Gasteiger partial charge is 0.0253 e. The van der Waals surface area contributed by atoms with Crippen LogP contribution in [0, 0.1) is 25.0 Å². The van der Waals surface area contributed by atoms with Crippen LogP contribution >= 0.6 is 24.8 Å². The quantitative estimate of drug-likeness (QED) is 0.194. The third-order valence-electron chi connectivity index (χ3n) is 5.34. The maximum atomic E-state index is 3.30. The number of halogens is 2. The number of hydrogen-bond acceptors (Lipinski definition) is 0. The van der Waals surface area contributed by atoms with Crippen LogP contribution in [-0.2, 0) is 29.8 Å². The molecule has 0 nitrogen and oxygen atoms in total. The van der Waals surface area contributed by atoms with Crippen molar-refractivity contribution in [3.8, 4) is 11.1 Å². The van der Waals surface area contributed by atoms with Crippen molar-refractivity contribution in [3.63, 3.8) is 0 Å². The minimum Gasteiger partial charge on any atom is -0.179 e. The van der Waals surface area contributed by atoms with Gasteiger partial charge in [0.15, 0.2) is 0 Å². The molecule has 0 spiro atoms. The summed E-state index contributed by atoms with van der Waals surface area (Å²) in [6.07, 6.45) is 27.0. The molecule has 4 heteroatoms. The second-order valence-electron chi connectivity index (χ2n) is 7.55. The Morgan fingerprint density at radius 2 is 1.38 bits per heavy atom. The van der Waals surface area contributed by atoms with Crippen molar-refractivity contribution in [1.82, 2.24) is 0 Å². The Morgan fingerprint density at radius 3 is 1.84 bits per heavy atom. The summed E-state index contributed by atoms with van der Waals surface area (Å²) in [4.78, 5) is 0. The van der Waals surface area contributed by atoms with E-state index in [9.17, 15) is 0 Å². The van der Waals surface area contributed by atoms with Gasteiger partial charge in [0.05, 0.1) is 0 Å². The largest absolute Gasteiger partial charge is 0.179 e. The standard InChI is InChI=1S/C13H9.2C5H9.C5H5.2ClH.H2Si.Zr/c1-3-7-12-10(5-1)9-11-6-2-4-8-13(11)12;3*1-2-4-5-3-1;;;;/h1-5,7-8H,9H2;2*1H,2-5H2;1-3H,4H2;2*1H;1H2;/q4*-1;;;;. The second-order valence-corrected chi connectivity index (χ2v) is 7.55. The SMILES string of the molecule is Cl.Cl.[C-]1=CC=CC1.[CH-]1CCCC1.[CH-]1CCCC1.[SiH2]=[Zr].[c-]1cccc2c1Cc1ccccc1-2. The Kier molecular flexibility index (Phi) is 20.9. The number of fused-ring (bicyclic) bond motifs is 3. The zero-order chi connectivity index (χ0) is 21.3. The Labute approximate surface area is 225 Å². The summed E-state index contributed by atoms with van der Waals surface area (Å²) in [6, 6.07) is 18.1.